The average Bonchev–Trinajstić information content (AvgIpc) is 2.14. The predicted molar refractivity (Wildman–Crippen MR) is 57.4 cm³/mol. The number of ketones is 1. The second-order valence-corrected chi connectivity index (χ2v) is 4.31. The van der Waals surface area contributed by atoms with Crippen LogP contribution in [-0.2, 0) is 14.3 Å². The maximum atomic E-state index is 11.7. The molecule has 1 atom stereocenters. The first kappa shape index (κ1) is 12.0. The van der Waals surface area contributed by atoms with Crippen LogP contribution in [-0.4, -0.2) is 18.4 Å². The molecule has 84 valence electrons. The molecule has 1 aliphatic carbocycles. The molecule has 1 rings (SSSR count). The number of Topliss-reactive ketones (excluding diaryl/α,β-unsaturated/α-hetero) is 1. The highest BCUT2D eigenvalue weighted by Gasteiger charge is 2.22. The van der Waals surface area contributed by atoms with E-state index in [2.05, 4.69) is 6.92 Å². The third-order valence-electron chi connectivity index (χ3n) is 2.76. The van der Waals surface area contributed by atoms with Crippen LogP contribution < -0.4 is 0 Å². The lowest BCUT2D eigenvalue weighted by atomic mass is 9.84. The third kappa shape index (κ3) is 3.50. The molecule has 1 aliphatic rings. The summed E-state index contributed by atoms with van der Waals surface area (Å²) in [6, 6.07) is 0. The summed E-state index contributed by atoms with van der Waals surface area (Å²) in [7, 11) is 0. The van der Waals surface area contributed by atoms with Gasteiger partial charge in [-0.3, -0.25) is 9.59 Å². The Labute approximate surface area is 90.5 Å². The van der Waals surface area contributed by atoms with Crippen LogP contribution in [0.1, 0.15) is 40.0 Å². The Morgan fingerprint density at radius 3 is 2.67 bits per heavy atom. The zero-order chi connectivity index (χ0) is 11.4. The molecule has 0 spiro atoms. The van der Waals surface area contributed by atoms with Crippen molar-refractivity contribution < 1.29 is 14.3 Å². The number of ether oxygens (including phenoxy) is 1. The first-order chi connectivity index (χ1) is 7.00. The molecule has 1 fully saturated rings. The smallest absolute Gasteiger partial charge is 0.302 e. The Morgan fingerprint density at radius 2 is 2.13 bits per heavy atom. The van der Waals surface area contributed by atoms with Gasteiger partial charge >= 0.3 is 5.97 Å². The second-order valence-electron chi connectivity index (χ2n) is 4.31. The van der Waals surface area contributed by atoms with Crippen LogP contribution >= 0.6 is 0 Å². The maximum absolute atomic E-state index is 11.7. The number of hydrogen-bond acceptors (Lipinski definition) is 3. The fourth-order valence-corrected chi connectivity index (χ4v) is 1.82. The molecule has 0 heterocycles. The Kier molecular flexibility index (Phi) is 4.06. The maximum Gasteiger partial charge on any atom is 0.302 e. The molecule has 1 saturated carbocycles. The SMILES string of the molecule is CC(=O)OC/C(C)=C1\CC[C@@H](C)CC1=O. The van der Waals surface area contributed by atoms with Crippen molar-refractivity contribution in [1.82, 2.24) is 0 Å². The van der Waals surface area contributed by atoms with Gasteiger partial charge in [-0.05, 0) is 36.8 Å². The van der Waals surface area contributed by atoms with Gasteiger partial charge in [0.15, 0.2) is 5.78 Å². The van der Waals surface area contributed by atoms with Gasteiger partial charge in [0.05, 0.1) is 0 Å². The Balaban J connectivity index is 2.63. The van der Waals surface area contributed by atoms with E-state index in [1.807, 2.05) is 6.92 Å². The molecule has 0 unspecified atom stereocenters. The summed E-state index contributed by atoms with van der Waals surface area (Å²) in [5.41, 5.74) is 1.77. The minimum absolute atomic E-state index is 0.221. The summed E-state index contributed by atoms with van der Waals surface area (Å²) in [5.74, 6) is 0.410. The molecule has 0 bridgehead atoms. The van der Waals surface area contributed by atoms with Gasteiger partial charge in [-0.15, -0.1) is 0 Å². The number of rotatable bonds is 2. The second kappa shape index (κ2) is 5.10. The van der Waals surface area contributed by atoms with Gasteiger partial charge in [0.2, 0.25) is 0 Å². The van der Waals surface area contributed by atoms with Crippen LogP contribution in [0.4, 0.5) is 0 Å². The number of hydrogen-bond donors (Lipinski definition) is 0. The molecule has 0 aromatic rings. The molecule has 3 heteroatoms. The minimum atomic E-state index is -0.299. The molecular weight excluding hydrogens is 192 g/mol. The number of allylic oxidation sites excluding steroid dienone is 1. The molecule has 0 aromatic heterocycles. The molecular formula is C12H18O3. The van der Waals surface area contributed by atoms with E-state index < -0.39 is 0 Å². The lowest BCUT2D eigenvalue weighted by molar-refractivity contribution is -0.140. The van der Waals surface area contributed by atoms with Crippen molar-refractivity contribution in [1.29, 1.82) is 0 Å². The lowest BCUT2D eigenvalue weighted by Crippen LogP contribution is -2.18. The third-order valence-corrected chi connectivity index (χ3v) is 2.76. The fraction of sp³-hybridized carbons (Fsp3) is 0.667. The van der Waals surface area contributed by atoms with E-state index in [-0.39, 0.29) is 18.4 Å². The van der Waals surface area contributed by atoms with Gasteiger partial charge in [0.1, 0.15) is 6.61 Å². The van der Waals surface area contributed by atoms with Gasteiger partial charge in [0.25, 0.3) is 0 Å². The summed E-state index contributed by atoms with van der Waals surface area (Å²) in [4.78, 5) is 22.3. The van der Waals surface area contributed by atoms with Crippen molar-refractivity contribution >= 4 is 11.8 Å². The van der Waals surface area contributed by atoms with E-state index in [1.54, 1.807) is 0 Å². The van der Waals surface area contributed by atoms with Crippen molar-refractivity contribution in [3.8, 4) is 0 Å². The molecule has 0 radical (unpaired) electrons. The predicted octanol–water partition coefficient (Wildman–Crippen LogP) is 2.26. The zero-order valence-electron chi connectivity index (χ0n) is 9.63. The van der Waals surface area contributed by atoms with Crippen molar-refractivity contribution in [3.05, 3.63) is 11.1 Å². The summed E-state index contributed by atoms with van der Waals surface area (Å²) in [5, 5.41) is 0. The van der Waals surface area contributed by atoms with E-state index in [0.717, 1.165) is 24.0 Å². The first-order valence-corrected chi connectivity index (χ1v) is 5.36. The molecule has 0 N–H and O–H groups in total. The topological polar surface area (TPSA) is 43.4 Å². The Bertz CT molecular complexity index is 302. The van der Waals surface area contributed by atoms with E-state index in [9.17, 15) is 9.59 Å². The summed E-state index contributed by atoms with van der Waals surface area (Å²) >= 11 is 0. The Hall–Kier alpha value is -1.12. The monoisotopic (exact) mass is 210 g/mol. The van der Waals surface area contributed by atoms with Gasteiger partial charge in [-0.1, -0.05) is 6.92 Å². The van der Waals surface area contributed by atoms with Gasteiger partial charge < -0.3 is 4.74 Å². The normalized spacial score (nSPS) is 25.0. The van der Waals surface area contributed by atoms with Crippen molar-refractivity contribution in [3.63, 3.8) is 0 Å². The highest BCUT2D eigenvalue weighted by atomic mass is 16.5. The van der Waals surface area contributed by atoms with E-state index in [1.165, 1.54) is 6.92 Å². The lowest BCUT2D eigenvalue weighted by Gasteiger charge is -2.21. The molecule has 15 heavy (non-hydrogen) atoms. The van der Waals surface area contributed by atoms with E-state index >= 15 is 0 Å². The van der Waals surface area contributed by atoms with E-state index in [4.69, 9.17) is 4.74 Å². The largest absolute Gasteiger partial charge is 0.461 e. The Morgan fingerprint density at radius 1 is 1.47 bits per heavy atom. The van der Waals surface area contributed by atoms with Gasteiger partial charge in [0, 0.05) is 13.3 Å². The molecule has 0 saturated heterocycles. The quantitative estimate of drug-likeness (QED) is 0.518. The standard InChI is InChI=1S/C12H18O3/c1-8-4-5-11(12(14)6-8)9(2)7-15-10(3)13/h8H,4-7H2,1-3H3/b11-9+/t8-/m1/s1. The van der Waals surface area contributed by atoms with Crippen LogP contribution in [0.15, 0.2) is 11.1 Å². The van der Waals surface area contributed by atoms with Crippen LogP contribution in [0.5, 0.6) is 0 Å². The van der Waals surface area contributed by atoms with Crippen molar-refractivity contribution in [2.24, 2.45) is 5.92 Å². The molecule has 3 nitrogen and oxygen atoms in total. The fourth-order valence-electron chi connectivity index (χ4n) is 1.82. The summed E-state index contributed by atoms with van der Waals surface area (Å²) < 4.78 is 4.88. The van der Waals surface area contributed by atoms with Gasteiger partial charge in [-0.2, -0.15) is 0 Å². The van der Waals surface area contributed by atoms with Gasteiger partial charge in [-0.25, -0.2) is 0 Å². The molecule has 0 aromatic carbocycles. The van der Waals surface area contributed by atoms with E-state index in [0.29, 0.717) is 12.3 Å². The average molecular weight is 210 g/mol. The molecule has 0 amide bonds. The zero-order valence-corrected chi connectivity index (χ0v) is 9.63. The highest BCUT2D eigenvalue weighted by molar-refractivity contribution is 5.96. The van der Waals surface area contributed by atoms with Crippen LogP contribution in [0.3, 0.4) is 0 Å². The minimum Gasteiger partial charge on any atom is -0.461 e. The van der Waals surface area contributed by atoms with Crippen molar-refractivity contribution in [2.75, 3.05) is 6.61 Å². The van der Waals surface area contributed by atoms with Crippen LogP contribution in [0.25, 0.3) is 0 Å². The van der Waals surface area contributed by atoms with Crippen molar-refractivity contribution in [2.45, 2.75) is 40.0 Å². The number of esters is 1. The van der Waals surface area contributed by atoms with Crippen LogP contribution in [0, 0.1) is 5.92 Å². The highest BCUT2D eigenvalue weighted by Crippen LogP contribution is 2.27. The number of carbonyl (C=O) groups is 2. The summed E-state index contributed by atoms with van der Waals surface area (Å²) in [6.45, 7) is 5.59. The first-order valence-electron chi connectivity index (χ1n) is 5.36. The molecule has 0 aliphatic heterocycles. The summed E-state index contributed by atoms with van der Waals surface area (Å²) in [6.07, 6.45) is 2.51. The number of carbonyl (C=O) groups excluding carboxylic acids is 2. The van der Waals surface area contributed by atoms with Crippen LogP contribution in [0.2, 0.25) is 0 Å².